The number of amides is 2. The van der Waals surface area contributed by atoms with Crippen LogP contribution in [0.15, 0.2) is 17.1 Å². The van der Waals surface area contributed by atoms with Crippen molar-refractivity contribution in [1.82, 2.24) is 14.4 Å². The summed E-state index contributed by atoms with van der Waals surface area (Å²) >= 11 is 0. The molecule has 2 aliphatic carbocycles. The molecule has 1 aromatic rings. The number of aromatic nitrogens is 1. The summed E-state index contributed by atoms with van der Waals surface area (Å²) < 4.78 is 1.52. The van der Waals surface area contributed by atoms with Crippen LogP contribution in [0.5, 0.6) is 0 Å². The number of hydrogen-bond donors (Lipinski definition) is 1. The molecule has 0 aromatic carbocycles. The summed E-state index contributed by atoms with van der Waals surface area (Å²) in [5.41, 5.74) is -0.774. The standard InChI is InChI=1S/C30H48N4O4/c1-22(17-23-11-7-6-8-12-23)27(36)33-16-15-30(38,29(20-33)13-9-10-14-29)21-34-19-24(28(37)32(4)5)25(31(2)3)18-26(34)35/h18-19,22-23,38H,6-17,20-21H2,1-5H3. The van der Waals surface area contributed by atoms with Crippen LogP contribution in [0.1, 0.15) is 87.9 Å². The van der Waals surface area contributed by atoms with Gasteiger partial charge in [-0.2, -0.15) is 0 Å². The van der Waals surface area contributed by atoms with Crippen molar-refractivity contribution in [2.45, 2.75) is 89.7 Å². The van der Waals surface area contributed by atoms with Crippen molar-refractivity contribution in [3.63, 3.8) is 0 Å². The van der Waals surface area contributed by atoms with Gasteiger partial charge in [0.1, 0.15) is 0 Å². The van der Waals surface area contributed by atoms with Crippen molar-refractivity contribution in [2.75, 3.05) is 46.2 Å². The predicted molar refractivity (Wildman–Crippen MR) is 150 cm³/mol. The highest BCUT2D eigenvalue weighted by Crippen LogP contribution is 2.52. The van der Waals surface area contributed by atoms with Gasteiger partial charge in [0.15, 0.2) is 0 Å². The summed E-state index contributed by atoms with van der Waals surface area (Å²) in [6.45, 7) is 3.26. The number of nitrogens with zero attached hydrogens (tertiary/aromatic N) is 4. The highest BCUT2D eigenvalue weighted by molar-refractivity contribution is 5.99. The Balaban J connectivity index is 1.57. The van der Waals surface area contributed by atoms with Crippen molar-refractivity contribution >= 4 is 17.5 Å². The van der Waals surface area contributed by atoms with Crippen LogP contribution in [-0.4, -0.2) is 78.2 Å². The van der Waals surface area contributed by atoms with Gasteiger partial charge in [-0.3, -0.25) is 14.4 Å². The number of carbonyl (C=O) groups excluding carboxylic acids is 2. The number of aliphatic hydroxyl groups is 1. The van der Waals surface area contributed by atoms with Crippen LogP contribution < -0.4 is 10.5 Å². The molecule has 1 spiro atoms. The van der Waals surface area contributed by atoms with Crippen molar-refractivity contribution in [3.05, 3.63) is 28.2 Å². The Labute approximate surface area is 228 Å². The third kappa shape index (κ3) is 5.65. The minimum Gasteiger partial charge on any atom is -0.387 e. The molecule has 1 N–H and O–H groups in total. The van der Waals surface area contributed by atoms with Crippen LogP contribution in [0.4, 0.5) is 5.69 Å². The Hall–Kier alpha value is -2.35. The smallest absolute Gasteiger partial charge is 0.256 e. The molecule has 2 amide bonds. The van der Waals surface area contributed by atoms with Crippen LogP contribution in [-0.2, 0) is 11.3 Å². The molecule has 3 fully saturated rings. The third-order valence-electron chi connectivity index (χ3n) is 9.64. The lowest BCUT2D eigenvalue weighted by atomic mass is 9.65. The minimum absolute atomic E-state index is 0.00328. The molecule has 212 valence electrons. The van der Waals surface area contributed by atoms with E-state index < -0.39 is 11.0 Å². The quantitative estimate of drug-likeness (QED) is 0.583. The molecule has 4 rings (SSSR count). The number of rotatable bonds is 7. The number of pyridine rings is 1. The molecule has 8 nitrogen and oxygen atoms in total. The molecule has 3 aliphatic rings. The predicted octanol–water partition coefficient (Wildman–Crippen LogP) is 3.75. The van der Waals surface area contributed by atoms with E-state index in [1.54, 1.807) is 25.2 Å². The lowest BCUT2D eigenvalue weighted by molar-refractivity contribution is -0.163. The van der Waals surface area contributed by atoms with E-state index in [-0.39, 0.29) is 29.8 Å². The average molecular weight is 529 g/mol. The first kappa shape index (κ1) is 28.7. The molecule has 38 heavy (non-hydrogen) atoms. The molecule has 8 heteroatoms. The van der Waals surface area contributed by atoms with Crippen LogP contribution in [0.25, 0.3) is 0 Å². The van der Waals surface area contributed by atoms with Crippen LogP contribution in [0.3, 0.4) is 0 Å². The second-order valence-corrected chi connectivity index (χ2v) is 12.8. The zero-order valence-corrected chi connectivity index (χ0v) is 24.2. The number of carbonyl (C=O) groups is 2. The molecule has 2 saturated carbocycles. The van der Waals surface area contributed by atoms with Gasteiger partial charge in [0.05, 0.1) is 23.4 Å². The summed E-state index contributed by atoms with van der Waals surface area (Å²) in [6, 6.07) is 1.49. The zero-order chi connectivity index (χ0) is 27.7. The van der Waals surface area contributed by atoms with Gasteiger partial charge in [-0.1, -0.05) is 51.9 Å². The largest absolute Gasteiger partial charge is 0.387 e. The third-order valence-corrected chi connectivity index (χ3v) is 9.64. The topological polar surface area (TPSA) is 86.1 Å². The summed E-state index contributed by atoms with van der Waals surface area (Å²) in [7, 11) is 7.02. The fraction of sp³-hybridized carbons (Fsp3) is 0.767. The highest BCUT2D eigenvalue weighted by atomic mass is 16.3. The Morgan fingerprint density at radius 3 is 2.32 bits per heavy atom. The lowest BCUT2D eigenvalue weighted by Gasteiger charge is -2.53. The van der Waals surface area contributed by atoms with Crippen molar-refractivity contribution in [2.24, 2.45) is 17.3 Å². The zero-order valence-electron chi connectivity index (χ0n) is 24.2. The van der Waals surface area contributed by atoms with Gasteiger partial charge in [-0.15, -0.1) is 0 Å². The fourth-order valence-electron chi connectivity index (χ4n) is 7.37. The Kier molecular flexibility index (Phi) is 8.60. The van der Waals surface area contributed by atoms with Gasteiger partial charge in [-0.25, -0.2) is 0 Å². The van der Waals surface area contributed by atoms with Gasteiger partial charge >= 0.3 is 0 Å². The van der Waals surface area contributed by atoms with Crippen molar-refractivity contribution in [3.8, 4) is 0 Å². The monoisotopic (exact) mass is 528 g/mol. The number of anilines is 1. The Morgan fingerprint density at radius 1 is 1.05 bits per heavy atom. The molecule has 1 saturated heterocycles. The molecule has 2 unspecified atom stereocenters. The van der Waals surface area contributed by atoms with Crippen molar-refractivity contribution < 1.29 is 14.7 Å². The first-order valence-electron chi connectivity index (χ1n) is 14.6. The molecular formula is C30H48N4O4. The minimum atomic E-state index is -1.12. The van der Waals surface area contributed by atoms with Gasteiger partial charge in [0.2, 0.25) is 5.91 Å². The maximum absolute atomic E-state index is 13.6. The molecule has 2 atom stereocenters. The summed E-state index contributed by atoms with van der Waals surface area (Å²) in [4.78, 5) is 45.0. The van der Waals surface area contributed by atoms with E-state index in [0.717, 1.165) is 32.1 Å². The van der Waals surface area contributed by atoms with E-state index in [4.69, 9.17) is 0 Å². The second kappa shape index (κ2) is 11.4. The summed E-state index contributed by atoms with van der Waals surface area (Å²) in [5, 5.41) is 12.2. The summed E-state index contributed by atoms with van der Waals surface area (Å²) in [6.07, 6.45) is 13.1. The van der Waals surface area contributed by atoms with E-state index >= 15 is 0 Å². The highest BCUT2D eigenvalue weighted by Gasteiger charge is 2.55. The molecule has 0 bridgehead atoms. The first-order chi connectivity index (χ1) is 18.0. The normalized spacial score (nSPS) is 24.4. The molecular weight excluding hydrogens is 480 g/mol. The number of likely N-dealkylation sites (tertiary alicyclic amines) is 1. The van der Waals surface area contributed by atoms with E-state index in [1.165, 1.54) is 47.6 Å². The first-order valence-corrected chi connectivity index (χ1v) is 14.6. The van der Waals surface area contributed by atoms with E-state index in [2.05, 4.69) is 6.92 Å². The van der Waals surface area contributed by atoms with Gasteiger partial charge in [-0.05, 0) is 31.6 Å². The molecule has 1 aromatic heterocycles. The van der Waals surface area contributed by atoms with Gasteiger partial charge in [0.25, 0.3) is 11.5 Å². The van der Waals surface area contributed by atoms with E-state index in [9.17, 15) is 19.5 Å². The van der Waals surface area contributed by atoms with Crippen molar-refractivity contribution in [1.29, 1.82) is 0 Å². The maximum Gasteiger partial charge on any atom is 0.256 e. The van der Waals surface area contributed by atoms with Crippen LogP contribution >= 0.6 is 0 Å². The molecule has 1 aliphatic heterocycles. The Morgan fingerprint density at radius 2 is 1.71 bits per heavy atom. The van der Waals surface area contributed by atoms with Crippen LogP contribution in [0.2, 0.25) is 0 Å². The SMILES string of the molecule is CC(CC1CCCCC1)C(=O)N1CCC(O)(Cn2cc(C(=O)N(C)C)c(N(C)C)cc2=O)C2(CCCC2)C1. The van der Waals surface area contributed by atoms with E-state index in [1.807, 2.05) is 19.0 Å². The summed E-state index contributed by atoms with van der Waals surface area (Å²) in [5.74, 6) is 0.692. The molecule has 0 radical (unpaired) electrons. The second-order valence-electron chi connectivity index (χ2n) is 12.8. The number of hydrogen-bond acceptors (Lipinski definition) is 5. The Bertz CT molecular complexity index is 1070. The van der Waals surface area contributed by atoms with Crippen LogP contribution in [0, 0.1) is 17.3 Å². The maximum atomic E-state index is 13.6. The average Bonchev–Trinajstić information content (AvgIpc) is 3.36. The fourth-order valence-corrected chi connectivity index (χ4v) is 7.37. The van der Waals surface area contributed by atoms with Gasteiger partial charge < -0.3 is 24.4 Å². The van der Waals surface area contributed by atoms with E-state index in [0.29, 0.717) is 36.7 Å². The molecule has 2 heterocycles. The number of piperidine rings is 1. The van der Waals surface area contributed by atoms with Gasteiger partial charge in [0, 0.05) is 64.9 Å². The lowest BCUT2D eigenvalue weighted by Crippen LogP contribution is -2.62.